The summed E-state index contributed by atoms with van der Waals surface area (Å²) in [5.74, 6) is -0.390. The minimum atomic E-state index is -4.23. The fourth-order valence-electron chi connectivity index (χ4n) is 4.20. The highest BCUT2D eigenvalue weighted by molar-refractivity contribution is 7.80. The van der Waals surface area contributed by atoms with Gasteiger partial charge in [-0.25, -0.2) is 14.5 Å². The van der Waals surface area contributed by atoms with Gasteiger partial charge >= 0.3 is 13.7 Å². The molecule has 3 aromatic rings. The van der Waals surface area contributed by atoms with Crippen molar-refractivity contribution in [2.24, 2.45) is 5.73 Å². The van der Waals surface area contributed by atoms with E-state index in [1.807, 2.05) is 0 Å². The molecule has 14 nitrogen and oxygen atoms in total. The predicted octanol–water partition coefficient (Wildman–Crippen LogP) is 1.01. The summed E-state index contributed by atoms with van der Waals surface area (Å²) in [7, 11) is -3.05. The average Bonchev–Trinajstić information content (AvgIpc) is 3.38. The standard InChI is InChI=1S/C23H29N6O8PS/c1-12(21(31)34-3)28-38(33,37-13-7-5-4-6-8-13)35-10-15-17(30)23(2,32)22(36-15)29-9-14(19(25)39)16-18(24)26-11-27-20(16)29/h4-9,11-12,15,17,22,30,32H,10H2,1-3H3,(H2,25,39)(H,28,33)(H2,24,26,27)/t12-,15?,17?,22+,23+,38?/m0/s1. The first-order valence-electron chi connectivity index (χ1n) is 11.7. The number of ether oxygens (including phenoxy) is 2. The molecule has 4 rings (SSSR count). The van der Waals surface area contributed by atoms with E-state index in [9.17, 15) is 19.6 Å². The zero-order chi connectivity index (χ0) is 28.5. The Hall–Kier alpha value is -3.17. The van der Waals surface area contributed by atoms with Crippen LogP contribution in [0.4, 0.5) is 5.82 Å². The van der Waals surface area contributed by atoms with E-state index < -0.39 is 50.4 Å². The van der Waals surface area contributed by atoms with Crippen molar-refractivity contribution >= 4 is 47.8 Å². The second-order valence-corrected chi connectivity index (χ2v) is 11.2. The molecular formula is C23H29N6O8PS. The smallest absolute Gasteiger partial charge is 0.459 e. The summed E-state index contributed by atoms with van der Waals surface area (Å²) >= 11 is 5.13. The number of fused-ring (bicyclic) bond motifs is 1. The third-order valence-corrected chi connectivity index (χ3v) is 8.06. The van der Waals surface area contributed by atoms with Gasteiger partial charge in [0, 0.05) is 11.8 Å². The van der Waals surface area contributed by atoms with Crippen LogP contribution in [-0.4, -0.2) is 73.3 Å². The van der Waals surface area contributed by atoms with Gasteiger partial charge in [-0.2, -0.15) is 5.09 Å². The SMILES string of the molecule is COC(=O)[C@H](C)NP(=O)(OCC1O[C@@H](n2cc(C(N)=S)c3c(N)ncnc32)[C@](C)(O)C1O)Oc1ccccc1. The van der Waals surface area contributed by atoms with Crippen LogP contribution in [0.25, 0.3) is 11.0 Å². The summed E-state index contributed by atoms with van der Waals surface area (Å²) in [5.41, 5.74) is 10.6. The molecule has 3 unspecified atom stereocenters. The fraction of sp³-hybridized carbons (Fsp3) is 0.391. The molecule has 1 aromatic carbocycles. The Kier molecular flexibility index (Phi) is 8.23. The van der Waals surface area contributed by atoms with Gasteiger partial charge in [-0.05, 0) is 26.0 Å². The number of para-hydroxylation sites is 1. The zero-order valence-electron chi connectivity index (χ0n) is 21.3. The molecule has 1 aliphatic rings. The Balaban J connectivity index is 1.61. The van der Waals surface area contributed by atoms with Crippen LogP contribution in [0.15, 0.2) is 42.9 Å². The summed E-state index contributed by atoms with van der Waals surface area (Å²) in [6.07, 6.45) is -1.20. The van der Waals surface area contributed by atoms with E-state index in [1.54, 1.807) is 30.3 Å². The maximum absolute atomic E-state index is 13.7. The Bertz CT molecular complexity index is 1420. The van der Waals surface area contributed by atoms with Gasteiger partial charge in [-0.1, -0.05) is 30.4 Å². The summed E-state index contributed by atoms with van der Waals surface area (Å²) in [6, 6.07) is 7.09. The highest BCUT2D eigenvalue weighted by Gasteiger charge is 2.54. The molecule has 1 fully saturated rings. The molecule has 3 heterocycles. The number of nitrogens with two attached hydrogens (primary N) is 2. The number of thiocarbonyl (C=S) groups is 1. The van der Waals surface area contributed by atoms with Crippen LogP contribution in [-0.2, 0) is 23.4 Å². The van der Waals surface area contributed by atoms with E-state index in [4.69, 9.17) is 37.5 Å². The van der Waals surface area contributed by atoms with Crippen LogP contribution in [0, 0.1) is 0 Å². The first-order chi connectivity index (χ1) is 18.4. The largest absolute Gasteiger partial charge is 0.468 e. The number of aliphatic hydroxyl groups is 2. The van der Waals surface area contributed by atoms with Gasteiger partial charge in [-0.3, -0.25) is 9.32 Å². The minimum absolute atomic E-state index is 0.0168. The number of rotatable bonds is 10. The monoisotopic (exact) mass is 580 g/mol. The Morgan fingerprint density at radius 2 is 2.05 bits per heavy atom. The predicted molar refractivity (Wildman–Crippen MR) is 144 cm³/mol. The quantitative estimate of drug-likeness (QED) is 0.129. The Morgan fingerprint density at radius 1 is 1.36 bits per heavy atom. The third-order valence-electron chi connectivity index (χ3n) is 6.20. The lowest BCUT2D eigenvalue weighted by atomic mass is 9.96. The number of aromatic nitrogens is 3. The molecule has 0 spiro atoms. The van der Waals surface area contributed by atoms with Crippen LogP contribution in [0.5, 0.6) is 5.75 Å². The molecule has 1 aliphatic heterocycles. The molecule has 0 bridgehead atoms. The van der Waals surface area contributed by atoms with Crippen molar-refractivity contribution in [1.29, 1.82) is 0 Å². The molecule has 0 radical (unpaired) electrons. The molecule has 16 heteroatoms. The van der Waals surface area contributed by atoms with Crippen molar-refractivity contribution < 1.29 is 38.1 Å². The summed E-state index contributed by atoms with van der Waals surface area (Å²) in [4.78, 5) is 20.2. The number of carbonyl (C=O) groups excluding carboxylic acids is 1. The zero-order valence-corrected chi connectivity index (χ0v) is 23.0. The molecule has 210 valence electrons. The van der Waals surface area contributed by atoms with Crippen molar-refractivity contribution in [1.82, 2.24) is 19.6 Å². The average molecular weight is 581 g/mol. The summed E-state index contributed by atoms with van der Waals surface area (Å²) in [6.45, 7) is 2.27. The molecule has 6 atom stereocenters. The molecule has 7 N–H and O–H groups in total. The van der Waals surface area contributed by atoms with E-state index in [0.29, 0.717) is 10.9 Å². The Labute approximate surface area is 228 Å². The molecule has 39 heavy (non-hydrogen) atoms. The van der Waals surface area contributed by atoms with Crippen LogP contribution in [0.3, 0.4) is 0 Å². The molecule has 0 amide bonds. The number of anilines is 1. The van der Waals surface area contributed by atoms with Crippen molar-refractivity contribution in [2.45, 2.75) is 43.9 Å². The number of hydrogen-bond donors (Lipinski definition) is 5. The first kappa shape index (κ1) is 28.8. The first-order valence-corrected chi connectivity index (χ1v) is 13.6. The van der Waals surface area contributed by atoms with Crippen molar-refractivity contribution in [2.75, 3.05) is 19.5 Å². The number of nitrogens with zero attached hydrogens (tertiary/aromatic N) is 3. The lowest BCUT2D eigenvalue weighted by molar-refractivity contribution is -0.142. The van der Waals surface area contributed by atoms with Gasteiger partial charge < -0.3 is 40.2 Å². The number of benzene rings is 1. The van der Waals surface area contributed by atoms with Crippen LogP contribution in [0.1, 0.15) is 25.6 Å². The van der Waals surface area contributed by atoms with Gasteiger partial charge in [0.25, 0.3) is 0 Å². The van der Waals surface area contributed by atoms with Gasteiger partial charge in [-0.15, -0.1) is 0 Å². The maximum Gasteiger partial charge on any atom is 0.459 e. The molecule has 2 aromatic heterocycles. The van der Waals surface area contributed by atoms with Gasteiger partial charge in [0.05, 0.1) is 19.1 Å². The number of nitrogen functional groups attached to an aromatic ring is 1. The van der Waals surface area contributed by atoms with Crippen molar-refractivity contribution in [3.63, 3.8) is 0 Å². The topological polar surface area (TPSA) is 206 Å². The summed E-state index contributed by atoms with van der Waals surface area (Å²) in [5, 5.41) is 25.1. The number of esters is 1. The lowest BCUT2D eigenvalue weighted by Crippen LogP contribution is -2.44. The van der Waals surface area contributed by atoms with Crippen LogP contribution in [0.2, 0.25) is 0 Å². The third kappa shape index (κ3) is 5.75. The minimum Gasteiger partial charge on any atom is -0.468 e. The molecule has 1 saturated heterocycles. The van der Waals surface area contributed by atoms with E-state index in [1.165, 1.54) is 38.0 Å². The van der Waals surface area contributed by atoms with Gasteiger partial charge in [0.15, 0.2) is 6.23 Å². The highest BCUT2D eigenvalue weighted by atomic mass is 32.1. The maximum atomic E-state index is 13.7. The normalized spacial score (nSPS) is 25.2. The second-order valence-electron chi connectivity index (χ2n) is 9.04. The summed E-state index contributed by atoms with van der Waals surface area (Å²) < 4.78 is 36.9. The fourth-order valence-corrected chi connectivity index (χ4v) is 5.86. The van der Waals surface area contributed by atoms with Crippen molar-refractivity contribution in [3.8, 4) is 5.75 Å². The van der Waals surface area contributed by atoms with E-state index in [2.05, 4.69) is 19.8 Å². The van der Waals surface area contributed by atoms with E-state index in [-0.39, 0.29) is 22.2 Å². The second kappa shape index (κ2) is 11.1. The number of hydrogen-bond acceptors (Lipinski definition) is 12. The lowest BCUT2D eigenvalue weighted by Gasteiger charge is -2.27. The Morgan fingerprint density at radius 3 is 2.69 bits per heavy atom. The number of aliphatic hydroxyl groups excluding tert-OH is 1. The van der Waals surface area contributed by atoms with E-state index in [0.717, 1.165) is 0 Å². The van der Waals surface area contributed by atoms with Crippen molar-refractivity contribution in [3.05, 3.63) is 48.4 Å². The molecule has 0 saturated carbocycles. The van der Waals surface area contributed by atoms with Crippen LogP contribution < -0.4 is 21.1 Å². The number of carbonyl (C=O) groups is 1. The molecular weight excluding hydrogens is 551 g/mol. The number of nitrogens with one attached hydrogen (secondary N) is 1. The van der Waals surface area contributed by atoms with Gasteiger partial charge in [0.1, 0.15) is 52.4 Å². The highest BCUT2D eigenvalue weighted by Crippen LogP contribution is 2.47. The van der Waals surface area contributed by atoms with Gasteiger partial charge in [0.2, 0.25) is 0 Å². The molecule has 0 aliphatic carbocycles. The van der Waals surface area contributed by atoms with E-state index >= 15 is 0 Å². The van der Waals surface area contributed by atoms with Crippen LogP contribution >= 0.6 is 20.0 Å². The number of methoxy groups -OCH3 is 1.